The highest BCUT2D eigenvalue weighted by atomic mass is 35.5. The van der Waals surface area contributed by atoms with Gasteiger partial charge in [-0.1, -0.05) is 54.1 Å². The zero-order valence-corrected chi connectivity index (χ0v) is 10.8. The molecule has 0 bridgehead atoms. The molecule has 0 aliphatic rings. The number of rotatable bonds is 5. The highest BCUT2D eigenvalue weighted by molar-refractivity contribution is 6.30. The number of nitrogens with one attached hydrogen (secondary N) is 1. The first-order valence-electron chi connectivity index (χ1n) is 5.96. The van der Waals surface area contributed by atoms with Crippen molar-refractivity contribution in [2.24, 2.45) is 0 Å². The van der Waals surface area contributed by atoms with E-state index >= 15 is 0 Å². The minimum absolute atomic E-state index is 0.0793. The summed E-state index contributed by atoms with van der Waals surface area (Å²) in [7, 11) is 0. The number of halogens is 1. The number of aliphatic hydroxyl groups is 1. The van der Waals surface area contributed by atoms with Gasteiger partial charge in [0, 0.05) is 11.6 Å². The number of hydrogen-bond acceptors (Lipinski definition) is 2. The summed E-state index contributed by atoms with van der Waals surface area (Å²) in [5, 5.41) is 13.0. The van der Waals surface area contributed by atoms with Crippen LogP contribution >= 0.6 is 11.6 Å². The third-order valence-electron chi connectivity index (χ3n) is 2.80. The van der Waals surface area contributed by atoms with Crippen LogP contribution in [-0.2, 0) is 0 Å². The Bertz CT molecular complexity index is 470. The fraction of sp³-hybridized carbons (Fsp3) is 0.200. The predicted molar refractivity (Wildman–Crippen MR) is 74.8 cm³/mol. The maximum absolute atomic E-state index is 8.97. The van der Waals surface area contributed by atoms with Crippen LogP contribution in [0.5, 0.6) is 0 Å². The molecule has 0 aliphatic heterocycles. The van der Waals surface area contributed by atoms with E-state index < -0.39 is 0 Å². The summed E-state index contributed by atoms with van der Waals surface area (Å²) in [5.74, 6) is 0. The molecule has 2 aromatic rings. The number of hydrogen-bond donors (Lipinski definition) is 2. The van der Waals surface area contributed by atoms with Crippen LogP contribution < -0.4 is 5.32 Å². The average Bonchev–Trinajstić information content (AvgIpc) is 2.42. The van der Waals surface area contributed by atoms with Crippen molar-refractivity contribution < 1.29 is 5.11 Å². The Morgan fingerprint density at radius 3 is 2.17 bits per heavy atom. The highest BCUT2D eigenvalue weighted by Crippen LogP contribution is 2.23. The van der Waals surface area contributed by atoms with Crippen LogP contribution in [0.2, 0.25) is 5.02 Å². The van der Waals surface area contributed by atoms with E-state index in [1.54, 1.807) is 0 Å². The van der Waals surface area contributed by atoms with Crippen LogP contribution in [0.4, 0.5) is 0 Å². The SMILES string of the molecule is OCCN[C@H](c1ccccc1)c1ccc(Cl)cc1. The molecule has 2 rings (SSSR count). The zero-order valence-electron chi connectivity index (χ0n) is 10.0. The van der Waals surface area contributed by atoms with E-state index in [-0.39, 0.29) is 12.6 Å². The van der Waals surface area contributed by atoms with Gasteiger partial charge >= 0.3 is 0 Å². The van der Waals surface area contributed by atoms with Gasteiger partial charge in [0.2, 0.25) is 0 Å². The van der Waals surface area contributed by atoms with Gasteiger partial charge in [-0.05, 0) is 23.3 Å². The van der Waals surface area contributed by atoms with Gasteiger partial charge in [-0.2, -0.15) is 0 Å². The lowest BCUT2D eigenvalue weighted by atomic mass is 9.99. The summed E-state index contributed by atoms with van der Waals surface area (Å²) >= 11 is 5.91. The van der Waals surface area contributed by atoms with E-state index in [9.17, 15) is 0 Å². The molecular weight excluding hydrogens is 246 g/mol. The second-order valence-electron chi connectivity index (χ2n) is 4.07. The predicted octanol–water partition coefficient (Wildman–Crippen LogP) is 3.01. The molecule has 0 unspecified atom stereocenters. The number of benzene rings is 2. The van der Waals surface area contributed by atoms with Gasteiger partial charge < -0.3 is 10.4 Å². The maximum Gasteiger partial charge on any atom is 0.0577 e. The molecule has 2 N–H and O–H groups in total. The minimum Gasteiger partial charge on any atom is -0.395 e. The van der Waals surface area contributed by atoms with Crippen LogP contribution in [0, 0.1) is 0 Å². The monoisotopic (exact) mass is 261 g/mol. The largest absolute Gasteiger partial charge is 0.395 e. The molecule has 0 fully saturated rings. The Balaban J connectivity index is 2.27. The first kappa shape index (κ1) is 13.1. The molecule has 0 saturated heterocycles. The van der Waals surface area contributed by atoms with Crippen molar-refractivity contribution in [3.8, 4) is 0 Å². The van der Waals surface area contributed by atoms with Gasteiger partial charge in [0.1, 0.15) is 0 Å². The molecule has 0 spiro atoms. The quantitative estimate of drug-likeness (QED) is 0.867. The Hall–Kier alpha value is -1.35. The first-order valence-corrected chi connectivity index (χ1v) is 6.33. The van der Waals surface area contributed by atoms with Crippen molar-refractivity contribution >= 4 is 11.6 Å². The normalized spacial score (nSPS) is 12.3. The minimum atomic E-state index is 0.0793. The summed E-state index contributed by atoms with van der Waals surface area (Å²) in [4.78, 5) is 0. The lowest BCUT2D eigenvalue weighted by Gasteiger charge is -2.19. The maximum atomic E-state index is 8.97. The summed E-state index contributed by atoms with van der Waals surface area (Å²) in [6, 6.07) is 18.0. The van der Waals surface area contributed by atoms with Crippen LogP contribution in [0.25, 0.3) is 0 Å². The highest BCUT2D eigenvalue weighted by Gasteiger charge is 2.12. The fourth-order valence-electron chi connectivity index (χ4n) is 1.94. The third kappa shape index (κ3) is 3.33. The molecule has 3 heteroatoms. The molecule has 0 saturated carbocycles. The molecule has 0 aliphatic carbocycles. The van der Waals surface area contributed by atoms with E-state index in [1.165, 1.54) is 5.56 Å². The molecule has 2 nitrogen and oxygen atoms in total. The fourth-order valence-corrected chi connectivity index (χ4v) is 2.06. The second-order valence-corrected chi connectivity index (χ2v) is 4.51. The summed E-state index contributed by atoms with van der Waals surface area (Å²) in [5.41, 5.74) is 2.31. The smallest absolute Gasteiger partial charge is 0.0577 e. The lowest BCUT2D eigenvalue weighted by molar-refractivity contribution is 0.288. The van der Waals surface area contributed by atoms with Crippen LogP contribution in [0.3, 0.4) is 0 Å². The number of aliphatic hydroxyl groups excluding tert-OH is 1. The van der Waals surface area contributed by atoms with Gasteiger partial charge in [0.05, 0.1) is 12.6 Å². The van der Waals surface area contributed by atoms with Gasteiger partial charge in [0.15, 0.2) is 0 Å². The third-order valence-corrected chi connectivity index (χ3v) is 3.05. The zero-order chi connectivity index (χ0) is 12.8. The van der Waals surface area contributed by atoms with Crippen molar-refractivity contribution in [2.75, 3.05) is 13.2 Å². The Morgan fingerprint density at radius 1 is 0.944 bits per heavy atom. The van der Waals surface area contributed by atoms with E-state index in [0.29, 0.717) is 6.54 Å². The van der Waals surface area contributed by atoms with Gasteiger partial charge in [-0.15, -0.1) is 0 Å². The topological polar surface area (TPSA) is 32.3 Å². The summed E-state index contributed by atoms with van der Waals surface area (Å²) in [6.07, 6.45) is 0. The Morgan fingerprint density at radius 2 is 1.56 bits per heavy atom. The summed E-state index contributed by atoms with van der Waals surface area (Å²) in [6.45, 7) is 0.680. The van der Waals surface area contributed by atoms with Crippen molar-refractivity contribution in [1.29, 1.82) is 0 Å². The molecule has 18 heavy (non-hydrogen) atoms. The van der Waals surface area contributed by atoms with E-state index in [4.69, 9.17) is 16.7 Å². The van der Waals surface area contributed by atoms with E-state index in [2.05, 4.69) is 17.4 Å². The van der Waals surface area contributed by atoms with Crippen LogP contribution in [0.15, 0.2) is 54.6 Å². The molecule has 94 valence electrons. The van der Waals surface area contributed by atoms with Gasteiger partial charge in [-0.25, -0.2) is 0 Å². The Labute approximate surface area is 112 Å². The van der Waals surface area contributed by atoms with E-state index in [0.717, 1.165) is 10.6 Å². The van der Waals surface area contributed by atoms with Crippen molar-refractivity contribution in [3.63, 3.8) is 0 Å². The molecule has 0 radical (unpaired) electrons. The van der Waals surface area contributed by atoms with E-state index in [1.807, 2.05) is 42.5 Å². The van der Waals surface area contributed by atoms with Crippen molar-refractivity contribution in [2.45, 2.75) is 6.04 Å². The molecular formula is C15H16ClNO. The van der Waals surface area contributed by atoms with Gasteiger partial charge in [-0.3, -0.25) is 0 Å². The van der Waals surface area contributed by atoms with Crippen molar-refractivity contribution in [1.82, 2.24) is 5.32 Å². The first-order chi connectivity index (χ1) is 8.81. The van der Waals surface area contributed by atoms with Gasteiger partial charge in [0.25, 0.3) is 0 Å². The second kappa shape index (κ2) is 6.55. The van der Waals surface area contributed by atoms with Crippen LogP contribution in [-0.4, -0.2) is 18.3 Å². The standard InChI is InChI=1S/C15H16ClNO/c16-14-8-6-13(7-9-14)15(17-10-11-18)12-4-2-1-3-5-12/h1-9,15,17-18H,10-11H2/t15-/m1/s1. The Kier molecular flexibility index (Phi) is 4.76. The average molecular weight is 262 g/mol. The van der Waals surface area contributed by atoms with Crippen LogP contribution in [0.1, 0.15) is 17.2 Å². The summed E-state index contributed by atoms with van der Waals surface area (Å²) < 4.78 is 0. The lowest BCUT2D eigenvalue weighted by Crippen LogP contribution is -2.25. The molecule has 1 atom stereocenters. The molecule has 0 heterocycles. The molecule has 2 aromatic carbocycles. The molecule has 0 aromatic heterocycles. The van der Waals surface area contributed by atoms with Crippen molar-refractivity contribution in [3.05, 3.63) is 70.7 Å². The molecule has 0 amide bonds.